The molecule has 0 aliphatic rings. The van der Waals surface area contributed by atoms with Crippen LogP contribution in [0, 0.1) is 6.92 Å². The highest BCUT2D eigenvalue weighted by Gasteiger charge is 2.21. The van der Waals surface area contributed by atoms with Gasteiger partial charge < -0.3 is 19.9 Å². The van der Waals surface area contributed by atoms with Crippen molar-refractivity contribution in [2.24, 2.45) is 0 Å². The van der Waals surface area contributed by atoms with E-state index in [2.05, 4.69) is 15.8 Å². The predicted octanol–water partition coefficient (Wildman–Crippen LogP) is 1.49. The monoisotopic (exact) mass is 305 g/mol. The lowest BCUT2D eigenvalue weighted by Gasteiger charge is -2.08. The Labute approximate surface area is 126 Å². The fourth-order valence-corrected chi connectivity index (χ4v) is 1.71. The molecule has 6 nitrogen and oxygen atoms in total. The second-order valence-corrected chi connectivity index (χ2v) is 4.66. The van der Waals surface area contributed by atoms with Crippen LogP contribution >= 0.6 is 12.4 Å². The Morgan fingerprint density at radius 1 is 1.35 bits per heavy atom. The topological polar surface area (TPSA) is 76.4 Å². The summed E-state index contributed by atoms with van der Waals surface area (Å²) in [7, 11) is 1.66. The maximum absolute atomic E-state index is 12.1. The summed E-state index contributed by atoms with van der Waals surface area (Å²) in [6, 6.07) is 0. The molecule has 0 saturated carbocycles. The molecule has 2 N–H and O–H groups in total. The van der Waals surface area contributed by atoms with Gasteiger partial charge in [-0.25, -0.2) is 0 Å². The first-order valence-electron chi connectivity index (χ1n) is 6.52. The lowest BCUT2D eigenvalue weighted by atomic mass is 10.0. The van der Waals surface area contributed by atoms with Gasteiger partial charge in [0.05, 0.1) is 12.3 Å². The van der Waals surface area contributed by atoms with Gasteiger partial charge in [-0.2, -0.15) is 0 Å². The third-order valence-electron chi connectivity index (χ3n) is 2.71. The molecule has 7 heteroatoms. The standard InChI is InChI=1S/C13H23N3O3.ClH/c1-9(2)12-11(10(3)16-19-12)13(17)15-6-5-14-7-8-18-4;/h9,14H,5-8H2,1-4H3,(H,15,17);1H. The van der Waals surface area contributed by atoms with Crippen LogP contribution < -0.4 is 10.6 Å². The molecule has 0 fully saturated rings. The van der Waals surface area contributed by atoms with Crippen LogP contribution in [0.15, 0.2) is 4.52 Å². The lowest BCUT2D eigenvalue weighted by molar-refractivity contribution is 0.0950. The van der Waals surface area contributed by atoms with Crippen molar-refractivity contribution in [2.45, 2.75) is 26.7 Å². The van der Waals surface area contributed by atoms with E-state index < -0.39 is 0 Å². The number of methoxy groups -OCH3 is 1. The molecule has 0 unspecified atom stereocenters. The molecule has 0 bridgehead atoms. The molecule has 1 aromatic rings. The second-order valence-electron chi connectivity index (χ2n) is 4.66. The minimum Gasteiger partial charge on any atom is -0.383 e. The highest BCUT2D eigenvalue weighted by molar-refractivity contribution is 5.96. The van der Waals surface area contributed by atoms with E-state index in [1.807, 2.05) is 13.8 Å². The van der Waals surface area contributed by atoms with Crippen molar-refractivity contribution in [3.05, 3.63) is 17.0 Å². The van der Waals surface area contributed by atoms with Crippen LogP contribution in [0.4, 0.5) is 0 Å². The third-order valence-corrected chi connectivity index (χ3v) is 2.71. The van der Waals surface area contributed by atoms with Gasteiger partial charge in [-0.1, -0.05) is 19.0 Å². The Morgan fingerprint density at radius 2 is 2.05 bits per heavy atom. The summed E-state index contributed by atoms with van der Waals surface area (Å²) in [5.41, 5.74) is 1.19. The summed E-state index contributed by atoms with van der Waals surface area (Å²) in [4.78, 5) is 12.1. The van der Waals surface area contributed by atoms with Gasteiger partial charge in [0.1, 0.15) is 5.56 Å². The van der Waals surface area contributed by atoms with E-state index in [4.69, 9.17) is 9.26 Å². The fraction of sp³-hybridized carbons (Fsp3) is 0.692. The molecule has 0 saturated heterocycles. The van der Waals surface area contributed by atoms with Crippen LogP contribution in [0.1, 0.15) is 41.6 Å². The first kappa shape index (κ1) is 18.9. The summed E-state index contributed by atoms with van der Waals surface area (Å²) >= 11 is 0. The lowest BCUT2D eigenvalue weighted by Crippen LogP contribution is -2.33. The summed E-state index contributed by atoms with van der Waals surface area (Å²) < 4.78 is 10.1. The van der Waals surface area contributed by atoms with Crippen molar-refractivity contribution >= 4 is 18.3 Å². The second kappa shape index (κ2) is 9.74. The van der Waals surface area contributed by atoms with Gasteiger partial charge >= 0.3 is 0 Å². The number of halogens is 1. The number of hydrogen-bond donors (Lipinski definition) is 2. The molecule has 0 aromatic carbocycles. The number of carbonyl (C=O) groups is 1. The smallest absolute Gasteiger partial charge is 0.256 e. The zero-order chi connectivity index (χ0) is 14.3. The molecule has 1 amide bonds. The van der Waals surface area contributed by atoms with Gasteiger partial charge in [0, 0.05) is 32.7 Å². The Morgan fingerprint density at radius 3 is 2.65 bits per heavy atom. The molecule has 1 heterocycles. The quantitative estimate of drug-likeness (QED) is 0.712. The van der Waals surface area contributed by atoms with Crippen molar-refractivity contribution < 1.29 is 14.1 Å². The van der Waals surface area contributed by atoms with Gasteiger partial charge in [0.15, 0.2) is 5.76 Å². The number of ether oxygens (including phenoxy) is 1. The average Bonchev–Trinajstić information content (AvgIpc) is 2.75. The number of aromatic nitrogens is 1. The van der Waals surface area contributed by atoms with E-state index in [0.717, 1.165) is 6.54 Å². The number of amides is 1. The zero-order valence-corrected chi connectivity index (χ0v) is 13.3. The predicted molar refractivity (Wildman–Crippen MR) is 79.7 cm³/mol. The molecule has 1 rings (SSSR count). The number of aryl methyl sites for hydroxylation is 1. The number of nitrogens with zero attached hydrogens (tertiary/aromatic N) is 1. The first-order valence-corrected chi connectivity index (χ1v) is 6.52. The van der Waals surface area contributed by atoms with Gasteiger partial charge in [0.25, 0.3) is 5.91 Å². The van der Waals surface area contributed by atoms with Gasteiger partial charge in [0.2, 0.25) is 0 Å². The van der Waals surface area contributed by atoms with Crippen LogP contribution in [0.25, 0.3) is 0 Å². The van der Waals surface area contributed by atoms with E-state index in [1.165, 1.54) is 0 Å². The van der Waals surface area contributed by atoms with Crippen LogP contribution in [0.2, 0.25) is 0 Å². The van der Waals surface area contributed by atoms with Crippen molar-refractivity contribution in [2.75, 3.05) is 33.4 Å². The van der Waals surface area contributed by atoms with Gasteiger partial charge in [-0.3, -0.25) is 4.79 Å². The molecular formula is C13H24ClN3O3. The number of rotatable bonds is 8. The molecule has 1 aromatic heterocycles. The Kier molecular flexibility index (Phi) is 9.20. The van der Waals surface area contributed by atoms with E-state index in [1.54, 1.807) is 14.0 Å². The Hall–Kier alpha value is -1.11. The summed E-state index contributed by atoms with van der Waals surface area (Å²) in [6.07, 6.45) is 0. The van der Waals surface area contributed by atoms with Gasteiger partial charge in [-0.05, 0) is 6.92 Å². The summed E-state index contributed by atoms with van der Waals surface area (Å²) in [5.74, 6) is 0.653. The molecule has 20 heavy (non-hydrogen) atoms. The first-order chi connectivity index (χ1) is 9.07. The molecule has 0 atom stereocenters. The minimum absolute atomic E-state index is 0. The highest BCUT2D eigenvalue weighted by atomic mass is 35.5. The van der Waals surface area contributed by atoms with Crippen LogP contribution in [0.5, 0.6) is 0 Å². The summed E-state index contributed by atoms with van der Waals surface area (Å²) in [5, 5.41) is 9.88. The average molecular weight is 306 g/mol. The van der Waals surface area contributed by atoms with E-state index in [-0.39, 0.29) is 24.2 Å². The Bertz CT molecular complexity index is 408. The van der Waals surface area contributed by atoms with Crippen LogP contribution in [0.3, 0.4) is 0 Å². The maximum Gasteiger partial charge on any atom is 0.256 e. The fourth-order valence-electron chi connectivity index (χ4n) is 1.71. The van der Waals surface area contributed by atoms with E-state index in [9.17, 15) is 4.79 Å². The van der Waals surface area contributed by atoms with Crippen molar-refractivity contribution in [3.63, 3.8) is 0 Å². The highest BCUT2D eigenvalue weighted by Crippen LogP contribution is 2.21. The maximum atomic E-state index is 12.1. The van der Waals surface area contributed by atoms with Crippen molar-refractivity contribution in [1.29, 1.82) is 0 Å². The molecule has 0 aliphatic heterocycles. The van der Waals surface area contributed by atoms with Gasteiger partial charge in [-0.15, -0.1) is 12.4 Å². The molecule has 0 aliphatic carbocycles. The molecule has 116 valence electrons. The van der Waals surface area contributed by atoms with Crippen molar-refractivity contribution in [3.8, 4) is 0 Å². The minimum atomic E-state index is -0.129. The molecule has 0 spiro atoms. The molecular weight excluding hydrogens is 282 g/mol. The normalized spacial score (nSPS) is 10.4. The number of carbonyl (C=O) groups excluding carboxylic acids is 1. The van der Waals surface area contributed by atoms with Crippen LogP contribution in [-0.2, 0) is 4.74 Å². The molecule has 0 radical (unpaired) electrons. The Balaban J connectivity index is 0.00000361. The van der Waals surface area contributed by atoms with Crippen LogP contribution in [-0.4, -0.2) is 44.4 Å². The van der Waals surface area contributed by atoms with E-state index >= 15 is 0 Å². The number of hydrogen-bond acceptors (Lipinski definition) is 5. The zero-order valence-electron chi connectivity index (χ0n) is 12.5. The van der Waals surface area contributed by atoms with E-state index in [0.29, 0.717) is 36.7 Å². The largest absolute Gasteiger partial charge is 0.383 e. The third kappa shape index (κ3) is 5.48. The SMILES string of the molecule is COCCNCCNC(=O)c1c(C)noc1C(C)C.Cl. The van der Waals surface area contributed by atoms with Crippen molar-refractivity contribution in [1.82, 2.24) is 15.8 Å². The number of nitrogens with one attached hydrogen (secondary N) is 2. The summed E-state index contributed by atoms with van der Waals surface area (Å²) in [6.45, 7) is 8.43.